The molecule has 1 aromatic heterocycles. The Hall–Kier alpha value is -1.36. The third kappa shape index (κ3) is 4.30. The van der Waals surface area contributed by atoms with E-state index in [2.05, 4.69) is 50.0 Å². The molecule has 0 aliphatic heterocycles. The summed E-state index contributed by atoms with van der Waals surface area (Å²) in [5.74, 6) is 8.39. The van der Waals surface area contributed by atoms with E-state index in [1.807, 2.05) is 0 Å². The zero-order valence-corrected chi connectivity index (χ0v) is 13.8. The van der Waals surface area contributed by atoms with Crippen molar-refractivity contribution >= 4 is 5.82 Å². The van der Waals surface area contributed by atoms with Crippen LogP contribution >= 0.6 is 0 Å². The minimum atomic E-state index is 0.212. The summed E-state index contributed by atoms with van der Waals surface area (Å²) >= 11 is 0. The number of ether oxygens (including phenoxy) is 1. The van der Waals surface area contributed by atoms with Crippen LogP contribution in [0.15, 0.2) is 6.07 Å². The van der Waals surface area contributed by atoms with E-state index in [1.54, 1.807) is 6.07 Å². The van der Waals surface area contributed by atoms with E-state index in [-0.39, 0.29) is 12.0 Å². The van der Waals surface area contributed by atoms with Crippen LogP contribution in [0.1, 0.15) is 65.6 Å². The summed E-state index contributed by atoms with van der Waals surface area (Å²) in [6.45, 7) is 11.0. The lowest BCUT2D eigenvalue weighted by atomic mass is 9.71. The minimum absolute atomic E-state index is 0.212. The minimum Gasteiger partial charge on any atom is -0.474 e. The van der Waals surface area contributed by atoms with Crippen molar-refractivity contribution in [2.75, 3.05) is 5.43 Å². The van der Waals surface area contributed by atoms with Crippen LogP contribution in [0.2, 0.25) is 0 Å². The van der Waals surface area contributed by atoms with Crippen molar-refractivity contribution < 1.29 is 4.74 Å². The summed E-state index contributed by atoms with van der Waals surface area (Å²) in [5.41, 5.74) is 2.92. The fourth-order valence-corrected chi connectivity index (χ4v) is 3.35. The molecule has 0 aromatic carbocycles. The highest BCUT2D eigenvalue weighted by atomic mass is 16.5. The predicted molar refractivity (Wildman–Crippen MR) is 85.1 cm³/mol. The molecule has 2 atom stereocenters. The fraction of sp³-hybridized carbons (Fsp3) is 0.750. The summed E-state index contributed by atoms with van der Waals surface area (Å²) in [7, 11) is 0. The van der Waals surface area contributed by atoms with Gasteiger partial charge in [0.15, 0.2) is 0 Å². The van der Waals surface area contributed by atoms with Gasteiger partial charge in [-0.2, -0.15) is 4.98 Å². The Balaban J connectivity index is 2.16. The van der Waals surface area contributed by atoms with Gasteiger partial charge < -0.3 is 10.2 Å². The summed E-state index contributed by atoms with van der Waals surface area (Å²) in [6.07, 6.45) is 3.60. The van der Waals surface area contributed by atoms with Gasteiger partial charge in [0.25, 0.3) is 0 Å². The second-order valence-corrected chi connectivity index (χ2v) is 7.40. The molecule has 2 rings (SSSR count). The fourth-order valence-electron chi connectivity index (χ4n) is 3.35. The monoisotopic (exact) mass is 292 g/mol. The molecule has 1 heterocycles. The number of hydrogen-bond acceptors (Lipinski definition) is 5. The summed E-state index contributed by atoms with van der Waals surface area (Å²) < 4.78 is 6.15. The van der Waals surface area contributed by atoms with E-state index in [1.165, 1.54) is 6.42 Å². The van der Waals surface area contributed by atoms with Crippen LogP contribution < -0.4 is 16.0 Å². The number of rotatable bonds is 4. The lowest BCUT2D eigenvalue weighted by molar-refractivity contribution is 0.0530. The van der Waals surface area contributed by atoms with Crippen LogP contribution in [0.5, 0.6) is 5.88 Å². The number of nitrogens with two attached hydrogens (primary N) is 1. The third-order valence-electron chi connectivity index (χ3n) is 4.02. The van der Waals surface area contributed by atoms with Gasteiger partial charge >= 0.3 is 0 Å². The van der Waals surface area contributed by atoms with Crippen LogP contribution in [-0.2, 0) is 0 Å². The van der Waals surface area contributed by atoms with Crippen LogP contribution in [0.3, 0.4) is 0 Å². The lowest BCUT2D eigenvalue weighted by Gasteiger charge is -2.38. The number of hydrazine groups is 1. The van der Waals surface area contributed by atoms with E-state index in [0.29, 0.717) is 23.0 Å². The number of nitrogens with zero attached hydrogens (tertiary/aromatic N) is 2. The van der Waals surface area contributed by atoms with Gasteiger partial charge in [-0.15, -0.1) is 0 Å². The SMILES string of the molecule is CC1CC(Oc2cc(NN)nc(C(C)C)n2)CC(C)(C)C1. The first kappa shape index (κ1) is 16.0. The first-order valence-electron chi connectivity index (χ1n) is 7.81. The van der Waals surface area contributed by atoms with Crippen molar-refractivity contribution in [1.29, 1.82) is 0 Å². The number of aromatic nitrogens is 2. The Labute approximate surface area is 127 Å². The highest BCUT2D eigenvalue weighted by molar-refractivity contribution is 5.37. The summed E-state index contributed by atoms with van der Waals surface area (Å²) in [6, 6.07) is 1.78. The average Bonchev–Trinajstić information content (AvgIpc) is 2.35. The number of hydrogen-bond donors (Lipinski definition) is 2. The van der Waals surface area contributed by atoms with Crippen molar-refractivity contribution in [2.45, 2.75) is 65.9 Å². The van der Waals surface area contributed by atoms with Gasteiger partial charge in [0.1, 0.15) is 17.7 Å². The number of anilines is 1. The molecule has 0 spiro atoms. The second kappa shape index (κ2) is 6.18. The standard InChI is InChI=1S/C16H28N4O/c1-10(2)15-18-13(20-17)7-14(19-15)21-12-6-11(3)8-16(4,5)9-12/h7,10-12H,6,8-9,17H2,1-5H3,(H,18,19,20). The molecule has 5 heteroatoms. The van der Waals surface area contributed by atoms with Gasteiger partial charge in [-0.1, -0.05) is 34.6 Å². The van der Waals surface area contributed by atoms with E-state index in [4.69, 9.17) is 10.6 Å². The highest BCUT2D eigenvalue weighted by Gasteiger charge is 2.33. The molecule has 1 fully saturated rings. The van der Waals surface area contributed by atoms with Gasteiger partial charge in [0.05, 0.1) is 0 Å². The van der Waals surface area contributed by atoms with Crippen molar-refractivity contribution in [3.05, 3.63) is 11.9 Å². The quantitative estimate of drug-likeness (QED) is 0.656. The lowest BCUT2D eigenvalue weighted by Crippen LogP contribution is -2.34. The largest absolute Gasteiger partial charge is 0.474 e. The molecule has 118 valence electrons. The van der Waals surface area contributed by atoms with E-state index < -0.39 is 0 Å². The molecule has 3 N–H and O–H groups in total. The molecule has 1 saturated carbocycles. The Morgan fingerprint density at radius 3 is 2.62 bits per heavy atom. The molecule has 1 aliphatic carbocycles. The zero-order valence-electron chi connectivity index (χ0n) is 13.8. The van der Waals surface area contributed by atoms with Crippen LogP contribution in [0.4, 0.5) is 5.82 Å². The van der Waals surface area contributed by atoms with Gasteiger partial charge in [0, 0.05) is 12.0 Å². The molecule has 2 unspecified atom stereocenters. The molecular weight excluding hydrogens is 264 g/mol. The molecule has 0 saturated heterocycles. The Bertz CT molecular complexity index is 487. The Morgan fingerprint density at radius 2 is 2.05 bits per heavy atom. The molecular formula is C16H28N4O. The zero-order chi connectivity index (χ0) is 15.6. The summed E-state index contributed by atoms with van der Waals surface area (Å²) in [5, 5.41) is 0. The van der Waals surface area contributed by atoms with Crippen LogP contribution in [0.25, 0.3) is 0 Å². The van der Waals surface area contributed by atoms with Crippen molar-refractivity contribution in [3.63, 3.8) is 0 Å². The van der Waals surface area contributed by atoms with Gasteiger partial charge in [0.2, 0.25) is 5.88 Å². The topological polar surface area (TPSA) is 73.1 Å². The van der Waals surface area contributed by atoms with Crippen molar-refractivity contribution in [2.24, 2.45) is 17.2 Å². The van der Waals surface area contributed by atoms with E-state index >= 15 is 0 Å². The number of nitrogens with one attached hydrogen (secondary N) is 1. The molecule has 0 amide bonds. The van der Waals surface area contributed by atoms with E-state index in [9.17, 15) is 0 Å². The average molecular weight is 292 g/mol. The normalized spacial score (nSPS) is 24.9. The Kier molecular flexibility index (Phi) is 4.71. The summed E-state index contributed by atoms with van der Waals surface area (Å²) in [4.78, 5) is 8.88. The van der Waals surface area contributed by atoms with Crippen LogP contribution in [0, 0.1) is 11.3 Å². The van der Waals surface area contributed by atoms with Crippen LogP contribution in [-0.4, -0.2) is 16.1 Å². The maximum atomic E-state index is 6.15. The highest BCUT2D eigenvalue weighted by Crippen LogP contribution is 2.39. The molecule has 21 heavy (non-hydrogen) atoms. The number of nitrogen functional groups attached to an aromatic ring is 1. The predicted octanol–water partition coefficient (Wildman–Crippen LogP) is 3.48. The molecule has 1 aliphatic rings. The van der Waals surface area contributed by atoms with Crippen molar-refractivity contribution in [3.8, 4) is 5.88 Å². The van der Waals surface area contributed by atoms with Gasteiger partial charge in [-0.25, -0.2) is 10.8 Å². The molecule has 0 bridgehead atoms. The first-order chi connectivity index (χ1) is 9.79. The van der Waals surface area contributed by atoms with Gasteiger partial charge in [-0.05, 0) is 30.6 Å². The van der Waals surface area contributed by atoms with Crippen molar-refractivity contribution in [1.82, 2.24) is 9.97 Å². The molecule has 1 aromatic rings. The molecule has 5 nitrogen and oxygen atoms in total. The Morgan fingerprint density at radius 1 is 1.33 bits per heavy atom. The first-order valence-corrected chi connectivity index (χ1v) is 7.81. The van der Waals surface area contributed by atoms with Gasteiger partial charge in [-0.3, -0.25) is 0 Å². The maximum absolute atomic E-state index is 6.15. The maximum Gasteiger partial charge on any atom is 0.219 e. The molecule has 0 radical (unpaired) electrons. The van der Waals surface area contributed by atoms with E-state index in [0.717, 1.165) is 18.7 Å². The second-order valence-electron chi connectivity index (χ2n) is 7.40. The smallest absolute Gasteiger partial charge is 0.219 e. The third-order valence-corrected chi connectivity index (χ3v) is 4.02.